The van der Waals surface area contributed by atoms with E-state index in [2.05, 4.69) is 10.6 Å². The van der Waals surface area contributed by atoms with E-state index in [-0.39, 0.29) is 17.5 Å². The van der Waals surface area contributed by atoms with Crippen LogP contribution in [0.1, 0.15) is 39.3 Å². The van der Waals surface area contributed by atoms with Crippen molar-refractivity contribution < 1.29 is 4.79 Å². The van der Waals surface area contributed by atoms with Crippen LogP contribution in [0.25, 0.3) is 0 Å². The van der Waals surface area contributed by atoms with Crippen molar-refractivity contribution in [2.45, 2.75) is 39.3 Å². The van der Waals surface area contributed by atoms with Gasteiger partial charge in [0.25, 0.3) is 0 Å². The van der Waals surface area contributed by atoms with E-state index in [1.54, 1.807) is 0 Å². The standard InChI is InChI=1S/C14H22N2O/c1-11(12-8-6-5-7-9-12)16-13(17)10-15-14(2,3)4/h5-9,11,15H,10H2,1-4H3,(H,16,17)/t11-/m1/s1. The SMILES string of the molecule is C[C@@H](NC(=O)CNC(C)(C)C)c1ccccc1. The maximum Gasteiger partial charge on any atom is 0.234 e. The van der Waals surface area contributed by atoms with E-state index in [9.17, 15) is 4.79 Å². The molecule has 0 spiro atoms. The van der Waals surface area contributed by atoms with E-state index >= 15 is 0 Å². The Morgan fingerprint density at radius 2 is 1.82 bits per heavy atom. The van der Waals surface area contributed by atoms with Gasteiger partial charge in [-0.3, -0.25) is 4.79 Å². The van der Waals surface area contributed by atoms with E-state index in [4.69, 9.17) is 0 Å². The number of hydrogen-bond donors (Lipinski definition) is 2. The topological polar surface area (TPSA) is 41.1 Å². The fraction of sp³-hybridized carbons (Fsp3) is 0.500. The van der Waals surface area contributed by atoms with Crippen molar-refractivity contribution in [3.63, 3.8) is 0 Å². The minimum atomic E-state index is -0.0344. The molecule has 0 fully saturated rings. The molecule has 0 saturated heterocycles. The Hall–Kier alpha value is -1.35. The highest BCUT2D eigenvalue weighted by Gasteiger charge is 2.13. The Morgan fingerprint density at radius 3 is 2.35 bits per heavy atom. The molecule has 1 aromatic rings. The van der Waals surface area contributed by atoms with Gasteiger partial charge in [-0.15, -0.1) is 0 Å². The van der Waals surface area contributed by atoms with Crippen molar-refractivity contribution >= 4 is 5.91 Å². The first-order chi connectivity index (χ1) is 7.88. The maximum atomic E-state index is 11.7. The minimum absolute atomic E-state index is 0.0243. The van der Waals surface area contributed by atoms with Crippen LogP contribution in [0.3, 0.4) is 0 Å². The van der Waals surface area contributed by atoms with Gasteiger partial charge in [0.2, 0.25) is 5.91 Å². The van der Waals surface area contributed by atoms with Crippen molar-refractivity contribution in [1.29, 1.82) is 0 Å². The van der Waals surface area contributed by atoms with Crippen LogP contribution in [0, 0.1) is 0 Å². The summed E-state index contributed by atoms with van der Waals surface area (Å²) in [7, 11) is 0. The fourth-order valence-corrected chi connectivity index (χ4v) is 1.46. The number of nitrogens with one attached hydrogen (secondary N) is 2. The Kier molecular flexibility index (Phi) is 4.70. The average molecular weight is 234 g/mol. The highest BCUT2D eigenvalue weighted by molar-refractivity contribution is 5.78. The predicted octanol–water partition coefficient (Wildman–Crippen LogP) is 2.25. The van der Waals surface area contributed by atoms with Gasteiger partial charge in [0.15, 0.2) is 0 Å². The lowest BCUT2D eigenvalue weighted by molar-refractivity contribution is -0.121. The van der Waals surface area contributed by atoms with E-state index in [1.165, 1.54) is 0 Å². The first-order valence-corrected chi connectivity index (χ1v) is 5.98. The molecular formula is C14H22N2O. The second-order valence-electron chi connectivity index (χ2n) is 5.30. The number of hydrogen-bond acceptors (Lipinski definition) is 2. The zero-order valence-electron chi connectivity index (χ0n) is 11.1. The van der Waals surface area contributed by atoms with Gasteiger partial charge in [-0.25, -0.2) is 0 Å². The summed E-state index contributed by atoms with van der Waals surface area (Å²) >= 11 is 0. The molecule has 1 atom stereocenters. The smallest absolute Gasteiger partial charge is 0.234 e. The van der Waals surface area contributed by atoms with Crippen molar-refractivity contribution in [3.8, 4) is 0 Å². The normalized spacial score (nSPS) is 13.2. The molecule has 17 heavy (non-hydrogen) atoms. The Morgan fingerprint density at radius 1 is 1.24 bits per heavy atom. The quantitative estimate of drug-likeness (QED) is 0.839. The van der Waals surface area contributed by atoms with Gasteiger partial charge >= 0.3 is 0 Å². The van der Waals surface area contributed by atoms with Crippen LogP contribution in [-0.4, -0.2) is 18.0 Å². The van der Waals surface area contributed by atoms with Crippen LogP contribution in [0.5, 0.6) is 0 Å². The third-order valence-electron chi connectivity index (χ3n) is 2.46. The molecule has 1 amide bonds. The van der Waals surface area contributed by atoms with Crippen molar-refractivity contribution in [2.75, 3.05) is 6.54 Å². The largest absolute Gasteiger partial charge is 0.348 e. The van der Waals surface area contributed by atoms with E-state index < -0.39 is 0 Å². The van der Waals surface area contributed by atoms with E-state index in [0.717, 1.165) is 5.56 Å². The molecule has 1 rings (SSSR count). The first-order valence-electron chi connectivity index (χ1n) is 5.98. The average Bonchev–Trinajstić information content (AvgIpc) is 2.27. The van der Waals surface area contributed by atoms with Crippen molar-refractivity contribution in [3.05, 3.63) is 35.9 Å². The van der Waals surface area contributed by atoms with Gasteiger partial charge in [0, 0.05) is 5.54 Å². The van der Waals surface area contributed by atoms with Gasteiger partial charge in [0.1, 0.15) is 0 Å². The molecule has 0 aliphatic heterocycles. The van der Waals surface area contributed by atoms with Gasteiger partial charge in [-0.2, -0.15) is 0 Å². The number of carbonyl (C=O) groups is 1. The molecule has 3 nitrogen and oxygen atoms in total. The van der Waals surface area contributed by atoms with Crippen molar-refractivity contribution in [1.82, 2.24) is 10.6 Å². The second kappa shape index (κ2) is 5.82. The fourth-order valence-electron chi connectivity index (χ4n) is 1.46. The molecule has 0 aliphatic carbocycles. The van der Waals surface area contributed by atoms with Crippen LogP contribution in [-0.2, 0) is 4.79 Å². The summed E-state index contributed by atoms with van der Waals surface area (Å²) in [6, 6.07) is 10.0. The summed E-state index contributed by atoms with van der Waals surface area (Å²) in [6.45, 7) is 8.47. The van der Waals surface area contributed by atoms with Gasteiger partial charge < -0.3 is 10.6 Å². The Labute approximate surface area is 104 Å². The molecule has 0 heterocycles. The molecule has 3 heteroatoms. The molecule has 0 aromatic heterocycles. The van der Waals surface area contributed by atoms with Crippen molar-refractivity contribution in [2.24, 2.45) is 0 Å². The molecule has 0 aliphatic rings. The summed E-state index contributed by atoms with van der Waals surface area (Å²) in [5.74, 6) is 0.0243. The first kappa shape index (κ1) is 13.7. The van der Waals surface area contributed by atoms with Gasteiger partial charge in [-0.1, -0.05) is 30.3 Å². The number of rotatable bonds is 4. The highest BCUT2D eigenvalue weighted by Crippen LogP contribution is 2.10. The predicted molar refractivity (Wildman–Crippen MR) is 70.8 cm³/mol. The van der Waals surface area contributed by atoms with E-state index in [1.807, 2.05) is 58.0 Å². The minimum Gasteiger partial charge on any atom is -0.348 e. The molecular weight excluding hydrogens is 212 g/mol. The number of amides is 1. The maximum absolute atomic E-state index is 11.7. The summed E-state index contributed by atoms with van der Waals surface area (Å²) in [6.07, 6.45) is 0. The summed E-state index contributed by atoms with van der Waals surface area (Å²) < 4.78 is 0. The lowest BCUT2D eigenvalue weighted by Gasteiger charge is -2.21. The lowest BCUT2D eigenvalue weighted by Crippen LogP contribution is -2.43. The highest BCUT2D eigenvalue weighted by atomic mass is 16.1. The third-order valence-corrected chi connectivity index (χ3v) is 2.46. The summed E-state index contributed by atoms with van der Waals surface area (Å²) in [4.78, 5) is 11.7. The van der Waals surface area contributed by atoms with Gasteiger partial charge in [-0.05, 0) is 33.3 Å². The molecule has 0 radical (unpaired) electrons. The van der Waals surface area contributed by atoms with E-state index in [0.29, 0.717) is 6.54 Å². The molecule has 0 saturated carbocycles. The van der Waals surface area contributed by atoms with Crippen LogP contribution in [0.2, 0.25) is 0 Å². The van der Waals surface area contributed by atoms with Crippen LogP contribution in [0.4, 0.5) is 0 Å². The number of carbonyl (C=O) groups excluding carboxylic acids is 1. The third kappa shape index (κ3) is 5.50. The Balaban J connectivity index is 2.42. The number of benzene rings is 1. The Bertz CT molecular complexity index is 354. The zero-order valence-corrected chi connectivity index (χ0v) is 11.1. The molecule has 94 valence electrons. The van der Waals surface area contributed by atoms with Crippen LogP contribution >= 0.6 is 0 Å². The van der Waals surface area contributed by atoms with Crippen LogP contribution in [0.15, 0.2) is 30.3 Å². The zero-order chi connectivity index (χ0) is 12.9. The van der Waals surface area contributed by atoms with Gasteiger partial charge in [0.05, 0.1) is 12.6 Å². The monoisotopic (exact) mass is 234 g/mol. The molecule has 0 unspecified atom stereocenters. The summed E-state index contributed by atoms with van der Waals surface area (Å²) in [5.41, 5.74) is 1.09. The second-order valence-corrected chi connectivity index (χ2v) is 5.30. The molecule has 1 aromatic carbocycles. The molecule has 0 bridgehead atoms. The lowest BCUT2D eigenvalue weighted by atomic mass is 10.1. The summed E-state index contributed by atoms with van der Waals surface area (Å²) in [5, 5.41) is 6.13. The van der Waals surface area contributed by atoms with Crippen LogP contribution < -0.4 is 10.6 Å². The molecule has 2 N–H and O–H groups in total.